The Morgan fingerprint density at radius 3 is 2.65 bits per heavy atom. The Kier molecular flexibility index (Phi) is 3.07. The predicted molar refractivity (Wildman–Crippen MR) is 83.5 cm³/mol. The van der Waals surface area contributed by atoms with E-state index in [1.807, 2.05) is 20.0 Å². The van der Waals surface area contributed by atoms with Crippen LogP contribution in [-0.2, 0) is 6.42 Å². The van der Waals surface area contributed by atoms with Gasteiger partial charge >= 0.3 is 0 Å². The van der Waals surface area contributed by atoms with Gasteiger partial charge in [0.2, 0.25) is 0 Å². The Hall–Kier alpha value is -2.13. The topological polar surface area (TPSA) is 54.7 Å². The van der Waals surface area contributed by atoms with Crippen LogP contribution in [0.4, 0.5) is 0 Å². The maximum Gasteiger partial charge on any atom is 0.108 e. The summed E-state index contributed by atoms with van der Waals surface area (Å²) >= 11 is 0. The minimum absolute atomic E-state index is 0.256. The van der Waals surface area contributed by atoms with Gasteiger partial charge in [0.1, 0.15) is 5.82 Å². The largest absolute Gasteiger partial charge is 0.342 e. The van der Waals surface area contributed by atoms with Crippen LogP contribution < -0.4 is 5.73 Å². The quantitative estimate of drug-likeness (QED) is 0.761. The van der Waals surface area contributed by atoms with Crippen molar-refractivity contribution in [1.29, 1.82) is 0 Å². The molecule has 3 rings (SSSR count). The van der Waals surface area contributed by atoms with Gasteiger partial charge in [-0.25, -0.2) is 4.98 Å². The van der Waals surface area contributed by atoms with E-state index in [4.69, 9.17) is 5.73 Å². The third-order valence-corrected chi connectivity index (χ3v) is 3.33. The molecule has 3 heteroatoms. The van der Waals surface area contributed by atoms with Crippen molar-refractivity contribution in [1.82, 2.24) is 9.97 Å². The van der Waals surface area contributed by atoms with Crippen LogP contribution in [0.25, 0.3) is 22.0 Å². The van der Waals surface area contributed by atoms with Gasteiger partial charge in [-0.2, -0.15) is 0 Å². The lowest BCUT2D eigenvalue weighted by atomic mass is 10.0. The van der Waals surface area contributed by atoms with Crippen molar-refractivity contribution in [2.24, 2.45) is 5.73 Å². The number of nitrogens with two attached hydrogens (primary N) is 1. The van der Waals surface area contributed by atoms with Crippen LogP contribution >= 0.6 is 0 Å². The number of nitrogens with zero attached hydrogens (tertiary/aromatic N) is 1. The summed E-state index contributed by atoms with van der Waals surface area (Å²) in [5.74, 6) is 0.931. The molecule has 3 N–H and O–H groups in total. The van der Waals surface area contributed by atoms with Crippen molar-refractivity contribution in [3.05, 3.63) is 54.5 Å². The third kappa shape index (κ3) is 2.58. The fourth-order valence-electron chi connectivity index (χ4n) is 2.48. The van der Waals surface area contributed by atoms with Crippen molar-refractivity contribution < 1.29 is 0 Å². The molecule has 0 unspecified atom stereocenters. The smallest absolute Gasteiger partial charge is 0.108 e. The number of hydrogen-bond donors (Lipinski definition) is 2. The molecule has 20 heavy (non-hydrogen) atoms. The lowest BCUT2D eigenvalue weighted by Crippen LogP contribution is -2.34. The molecule has 102 valence electrons. The van der Waals surface area contributed by atoms with Crippen LogP contribution in [-0.4, -0.2) is 15.5 Å². The molecule has 3 nitrogen and oxygen atoms in total. The summed E-state index contributed by atoms with van der Waals surface area (Å²) < 4.78 is 0. The molecule has 0 bridgehead atoms. The number of benzene rings is 2. The summed E-state index contributed by atoms with van der Waals surface area (Å²) in [7, 11) is 0. The van der Waals surface area contributed by atoms with Crippen LogP contribution in [0.15, 0.2) is 48.7 Å². The van der Waals surface area contributed by atoms with E-state index in [1.165, 1.54) is 16.3 Å². The average molecular weight is 265 g/mol. The number of nitrogens with one attached hydrogen (secondary N) is 1. The molecular formula is C17H19N3. The van der Waals surface area contributed by atoms with Crippen molar-refractivity contribution in [2.45, 2.75) is 25.8 Å². The lowest BCUT2D eigenvalue weighted by molar-refractivity contribution is 0.505. The molecule has 1 heterocycles. The van der Waals surface area contributed by atoms with E-state index in [-0.39, 0.29) is 5.54 Å². The first-order valence-corrected chi connectivity index (χ1v) is 6.84. The molecule has 0 saturated carbocycles. The second-order valence-electron chi connectivity index (χ2n) is 5.94. The van der Waals surface area contributed by atoms with Crippen molar-refractivity contribution in [3.8, 4) is 11.3 Å². The van der Waals surface area contributed by atoms with E-state index in [0.29, 0.717) is 0 Å². The van der Waals surface area contributed by atoms with Gasteiger partial charge in [-0.15, -0.1) is 0 Å². The monoisotopic (exact) mass is 265 g/mol. The zero-order chi connectivity index (χ0) is 14.2. The van der Waals surface area contributed by atoms with E-state index in [1.54, 1.807) is 0 Å². The molecule has 0 atom stereocenters. The van der Waals surface area contributed by atoms with E-state index in [9.17, 15) is 0 Å². The van der Waals surface area contributed by atoms with Gasteiger partial charge in [-0.1, -0.05) is 42.5 Å². The molecule has 1 aromatic heterocycles. The second kappa shape index (κ2) is 4.76. The Bertz CT molecular complexity index is 730. The summed E-state index contributed by atoms with van der Waals surface area (Å²) in [4.78, 5) is 7.84. The molecule has 0 amide bonds. The van der Waals surface area contributed by atoms with Gasteiger partial charge in [0.25, 0.3) is 0 Å². The molecule has 0 fully saturated rings. The van der Waals surface area contributed by atoms with Crippen LogP contribution in [0.3, 0.4) is 0 Å². The van der Waals surface area contributed by atoms with Crippen molar-refractivity contribution >= 4 is 10.8 Å². The maximum atomic E-state index is 6.05. The fraction of sp³-hybridized carbons (Fsp3) is 0.235. The first-order valence-electron chi connectivity index (χ1n) is 6.84. The zero-order valence-electron chi connectivity index (χ0n) is 11.9. The molecule has 3 aromatic rings. The zero-order valence-corrected chi connectivity index (χ0v) is 11.9. The summed E-state index contributed by atoms with van der Waals surface area (Å²) in [5, 5.41) is 2.47. The number of rotatable bonds is 3. The van der Waals surface area contributed by atoms with Gasteiger partial charge in [-0.3, -0.25) is 0 Å². The number of aromatic amines is 1. The number of imidazole rings is 1. The van der Waals surface area contributed by atoms with Gasteiger partial charge in [-0.05, 0) is 24.6 Å². The highest BCUT2D eigenvalue weighted by Gasteiger charge is 2.15. The van der Waals surface area contributed by atoms with Crippen molar-refractivity contribution in [2.75, 3.05) is 0 Å². The van der Waals surface area contributed by atoms with E-state index >= 15 is 0 Å². The number of aromatic nitrogens is 2. The van der Waals surface area contributed by atoms with Crippen molar-refractivity contribution in [3.63, 3.8) is 0 Å². The standard InChI is InChI=1S/C17H19N3/c1-17(2,18)10-16-19-11-15(20-16)14-9-5-7-12-6-3-4-8-13(12)14/h3-9,11H,10,18H2,1-2H3,(H,19,20). The molecule has 2 aromatic carbocycles. The summed E-state index contributed by atoms with van der Waals surface area (Å²) in [6.45, 7) is 4.01. The normalized spacial score (nSPS) is 11.9. The first-order chi connectivity index (χ1) is 9.53. The highest BCUT2D eigenvalue weighted by atomic mass is 14.9. The van der Waals surface area contributed by atoms with E-state index < -0.39 is 0 Å². The summed E-state index contributed by atoms with van der Waals surface area (Å²) in [5.41, 5.74) is 8.01. The van der Waals surface area contributed by atoms with Crippen LogP contribution in [0.5, 0.6) is 0 Å². The highest BCUT2D eigenvalue weighted by molar-refractivity contribution is 5.95. The molecule has 0 radical (unpaired) electrons. The predicted octanol–water partition coefficient (Wildman–Crippen LogP) is 3.51. The molecular weight excluding hydrogens is 246 g/mol. The maximum absolute atomic E-state index is 6.05. The molecule has 0 saturated heterocycles. The van der Waals surface area contributed by atoms with Gasteiger partial charge in [0, 0.05) is 17.5 Å². The second-order valence-corrected chi connectivity index (χ2v) is 5.94. The van der Waals surface area contributed by atoms with Crippen LogP contribution in [0, 0.1) is 0 Å². The Morgan fingerprint density at radius 1 is 1.10 bits per heavy atom. The number of H-pyrrole nitrogens is 1. The molecule has 0 aliphatic rings. The molecule has 0 aliphatic heterocycles. The highest BCUT2D eigenvalue weighted by Crippen LogP contribution is 2.27. The summed E-state index contributed by atoms with van der Waals surface area (Å²) in [6, 6.07) is 14.7. The lowest BCUT2D eigenvalue weighted by Gasteiger charge is -2.16. The Labute approximate surface area is 118 Å². The minimum Gasteiger partial charge on any atom is -0.342 e. The fourth-order valence-corrected chi connectivity index (χ4v) is 2.48. The van der Waals surface area contributed by atoms with Gasteiger partial charge in [0.15, 0.2) is 0 Å². The molecule has 0 spiro atoms. The van der Waals surface area contributed by atoms with Gasteiger partial charge in [0.05, 0.1) is 11.9 Å². The number of hydrogen-bond acceptors (Lipinski definition) is 2. The molecule has 0 aliphatic carbocycles. The van der Waals surface area contributed by atoms with E-state index in [2.05, 4.69) is 52.4 Å². The first kappa shape index (κ1) is 12.9. The van der Waals surface area contributed by atoms with Crippen LogP contribution in [0.1, 0.15) is 19.7 Å². The third-order valence-electron chi connectivity index (χ3n) is 3.33. The minimum atomic E-state index is -0.256. The Balaban J connectivity index is 2.04. The van der Waals surface area contributed by atoms with E-state index in [0.717, 1.165) is 17.9 Å². The number of fused-ring (bicyclic) bond motifs is 1. The Morgan fingerprint density at radius 2 is 1.85 bits per heavy atom. The van der Waals surface area contributed by atoms with Gasteiger partial charge < -0.3 is 10.7 Å². The SMILES string of the molecule is CC(C)(N)Cc1ncc(-c2cccc3ccccc23)[nH]1. The van der Waals surface area contributed by atoms with Crippen LogP contribution in [0.2, 0.25) is 0 Å². The average Bonchev–Trinajstić information content (AvgIpc) is 2.84. The summed E-state index contributed by atoms with van der Waals surface area (Å²) in [6.07, 6.45) is 2.63.